The zero-order valence-electron chi connectivity index (χ0n) is 10.2. The van der Waals surface area contributed by atoms with E-state index in [0.29, 0.717) is 12.2 Å². The van der Waals surface area contributed by atoms with Gasteiger partial charge in [-0.3, -0.25) is 0 Å². The van der Waals surface area contributed by atoms with E-state index in [1.807, 2.05) is 12.1 Å². The van der Waals surface area contributed by atoms with Crippen molar-refractivity contribution in [2.45, 2.75) is 39.2 Å². The first kappa shape index (κ1) is 12.0. The number of rotatable bonds is 6. The van der Waals surface area contributed by atoms with Crippen LogP contribution in [0.25, 0.3) is 0 Å². The number of unbranched alkanes of at least 4 members (excludes halogenated alkanes) is 3. The zero-order valence-corrected chi connectivity index (χ0v) is 10.2. The number of benzene rings is 1. The normalized spacial score (nSPS) is 13.4. The molecule has 0 unspecified atom stereocenters. The van der Waals surface area contributed by atoms with E-state index in [-0.39, 0.29) is 5.97 Å². The first-order valence-electron chi connectivity index (χ1n) is 6.24. The van der Waals surface area contributed by atoms with Crippen LogP contribution in [0, 0.1) is 0 Å². The van der Waals surface area contributed by atoms with Crippen LogP contribution in [0.4, 0.5) is 0 Å². The maximum atomic E-state index is 11.2. The van der Waals surface area contributed by atoms with Gasteiger partial charge in [0.2, 0.25) is 0 Å². The van der Waals surface area contributed by atoms with Crippen molar-refractivity contribution >= 4 is 5.97 Å². The van der Waals surface area contributed by atoms with Crippen molar-refractivity contribution in [2.75, 3.05) is 6.61 Å². The Hall–Kier alpha value is -1.51. The van der Waals surface area contributed by atoms with E-state index in [2.05, 4.69) is 6.92 Å². The van der Waals surface area contributed by atoms with Gasteiger partial charge in [-0.05, 0) is 24.6 Å². The van der Waals surface area contributed by atoms with Crippen molar-refractivity contribution in [3.8, 4) is 5.75 Å². The van der Waals surface area contributed by atoms with E-state index in [1.54, 1.807) is 6.07 Å². The fourth-order valence-electron chi connectivity index (χ4n) is 1.92. The summed E-state index contributed by atoms with van der Waals surface area (Å²) >= 11 is 0. The summed E-state index contributed by atoms with van der Waals surface area (Å²) in [5, 5.41) is 0. The van der Waals surface area contributed by atoms with Gasteiger partial charge < -0.3 is 9.47 Å². The first-order valence-corrected chi connectivity index (χ1v) is 6.24. The Morgan fingerprint density at radius 2 is 2.18 bits per heavy atom. The van der Waals surface area contributed by atoms with Crippen LogP contribution >= 0.6 is 0 Å². The van der Waals surface area contributed by atoms with Gasteiger partial charge in [-0.1, -0.05) is 26.2 Å². The van der Waals surface area contributed by atoms with E-state index < -0.39 is 0 Å². The summed E-state index contributed by atoms with van der Waals surface area (Å²) in [5.74, 6) is 0.605. The minimum atomic E-state index is -0.227. The molecular formula is C14H18O3. The van der Waals surface area contributed by atoms with Gasteiger partial charge in [-0.15, -0.1) is 0 Å². The molecule has 0 aliphatic carbocycles. The van der Waals surface area contributed by atoms with Crippen molar-refractivity contribution < 1.29 is 14.3 Å². The summed E-state index contributed by atoms with van der Waals surface area (Å²) in [5.41, 5.74) is 1.60. The zero-order chi connectivity index (χ0) is 12.1. The van der Waals surface area contributed by atoms with Crippen LogP contribution in [0.2, 0.25) is 0 Å². The van der Waals surface area contributed by atoms with Gasteiger partial charge in [-0.2, -0.15) is 0 Å². The van der Waals surface area contributed by atoms with Crippen molar-refractivity contribution in [3.63, 3.8) is 0 Å². The minimum Gasteiger partial charge on any atom is -0.494 e. The number of carbonyl (C=O) groups excluding carboxylic acids is 1. The second-order valence-electron chi connectivity index (χ2n) is 4.30. The van der Waals surface area contributed by atoms with Crippen LogP contribution in [0.3, 0.4) is 0 Å². The molecule has 0 spiro atoms. The third kappa shape index (κ3) is 2.99. The lowest BCUT2D eigenvalue weighted by Gasteiger charge is -2.06. The van der Waals surface area contributed by atoms with Gasteiger partial charge in [0.25, 0.3) is 0 Å². The van der Waals surface area contributed by atoms with Crippen LogP contribution in [-0.4, -0.2) is 12.6 Å². The summed E-state index contributed by atoms with van der Waals surface area (Å²) in [6, 6.07) is 5.53. The van der Waals surface area contributed by atoms with Gasteiger partial charge >= 0.3 is 5.97 Å². The lowest BCUT2D eigenvalue weighted by molar-refractivity contribution is 0.0535. The standard InChI is InChI=1S/C14H18O3/c1-2-3-4-5-8-16-12-6-7-13-11(9-12)10-17-14(13)15/h6-7,9H,2-5,8,10H2,1H3. The van der Waals surface area contributed by atoms with E-state index in [0.717, 1.165) is 24.3 Å². The molecule has 0 fully saturated rings. The second-order valence-corrected chi connectivity index (χ2v) is 4.30. The molecule has 3 heteroatoms. The van der Waals surface area contributed by atoms with Crippen LogP contribution in [-0.2, 0) is 11.3 Å². The van der Waals surface area contributed by atoms with Crippen molar-refractivity contribution in [2.24, 2.45) is 0 Å². The molecule has 1 aliphatic heterocycles. The number of hydrogen-bond donors (Lipinski definition) is 0. The molecule has 0 radical (unpaired) electrons. The summed E-state index contributed by atoms with van der Waals surface area (Å²) in [4.78, 5) is 11.2. The van der Waals surface area contributed by atoms with Gasteiger partial charge in [0, 0.05) is 5.56 Å². The summed E-state index contributed by atoms with van der Waals surface area (Å²) in [7, 11) is 0. The quantitative estimate of drug-likeness (QED) is 0.559. The Morgan fingerprint density at radius 1 is 1.29 bits per heavy atom. The molecule has 0 bridgehead atoms. The average Bonchev–Trinajstić information content (AvgIpc) is 2.71. The molecule has 1 aromatic carbocycles. The van der Waals surface area contributed by atoms with Crippen LogP contribution in [0.15, 0.2) is 18.2 Å². The summed E-state index contributed by atoms with van der Waals surface area (Å²) < 4.78 is 10.6. The molecule has 17 heavy (non-hydrogen) atoms. The molecule has 1 heterocycles. The fourth-order valence-corrected chi connectivity index (χ4v) is 1.92. The molecule has 3 nitrogen and oxygen atoms in total. The van der Waals surface area contributed by atoms with Crippen LogP contribution in [0.1, 0.15) is 48.5 Å². The molecule has 0 saturated carbocycles. The van der Waals surface area contributed by atoms with Gasteiger partial charge in [-0.25, -0.2) is 4.79 Å². The lowest BCUT2D eigenvalue weighted by Crippen LogP contribution is -1.98. The Morgan fingerprint density at radius 3 is 3.00 bits per heavy atom. The van der Waals surface area contributed by atoms with E-state index in [1.165, 1.54) is 19.3 Å². The van der Waals surface area contributed by atoms with E-state index >= 15 is 0 Å². The largest absolute Gasteiger partial charge is 0.494 e. The number of esters is 1. The summed E-state index contributed by atoms with van der Waals surface area (Å²) in [6.07, 6.45) is 4.79. The van der Waals surface area contributed by atoms with E-state index in [4.69, 9.17) is 9.47 Å². The van der Waals surface area contributed by atoms with Gasteiger partial charge in [0.15, 0.2) is 0 Å². The highest BCUT2D eigenvalue weighted by molar-refractivity contribution is 5.93. The second kappa shape index (κ2) is 5.71. The predicted molar refractivity (Wildman–Crippen MR) is 65.2 cm³/mol. The van der Waals surface area contributed by atoms with Gasteiger partial charge in [0.05, 0.1) is 12.2 Å². The number of fused-ring (bicyclic) bond motifs is 1. The Bertz CT molecular complexity index is 398. The highest BCUT2D eigenvalue weighted by Crippen LogP contribution is 2.24. The number of cyclic esters (lactones) is 1. The predicted octanol–water partition coefficient (Wildman–Crippen LogP) is 3.32. The number of carbonyl (C=O) groups is 1. The molecule has 2 rings (SSSR count). The maximum absolute atomic E-state index is 11.2. The van der Waals surface area contributed by atoms with Crippen molar-refractivity contribution in [1.82, 2.24) is 0 Å². The highest BCUT2D eigenvalue weighted by Gasteiger charge is 2.20. The number of hydrogen-bond acceptors (Lipinski definition) is 3. The highest BCUT2D eigenvalue weighted by atomic mass is 16.5. The Kier molecular flexibility index (Phi) is 4.02. The lowest BCUT2D eigenvalue weighted by atomic mass is 10.1. The monoisotopic (exact) mass is 234 g/mol. The third-order valence-corrected chi connectivity index (χ3v) is 2.92. The van der Waals surface area contributed by atoms with Crippen LogP contribution < -0.4 is 4.74 Å². The SMILES string of the molecule is CCCCCCOc1ccc2c(c1)COC2=O. The Balaban J connectivity index is 1.84. The van der Waals surface area contributed by atoms with Gasteiger partial charge in [0.1, 0.15) is 12.4 Å². The first-order chi connectivity index (χ1) is 8.31. The number of ether oxygens (including phenoxy) is 2. The third-order valence-electron chi connectivity index (χ3n) is 2.92. The molecule has 0 amide bonds. The smallest absolute Gasteiger partial charge is 0.338 e. The molecule has 1 aromatic rings. The topological polar surface area (TPSA) is 35.5 Å². The van der Waals surface area contributed by atoms with Crippen molar-refractivity contribution in [1.29, 1.82) is 0 Å². The minimum absolute atomic E-state index is 0.227. The van der Waals surface area contributed by atoms with Crippen molar-refractivity contribution in [3.05, 3.63) is 29.3 Å². The molecule has 0 atom stereocenters. The molecule has 0 aromatic heterocycles. The molecule has 0 N–H and O–H groups in total. The van der Waals surface area contributed by atoms with Crippen LogP contribution in [0.5, 0.6) is 5.75 Å². The molecule has 1 aliphatic rings. The fraction of sp³-hybridized carbons (Fsp3) is 0.500. The molecular weight excluding hydrogens is 216 g/mol. The Labute approximate surface area is 102 Å². The maximum Gasteiger partial charge on any atom is 0.338 e. The summed E-state index contributed by atoms with van der Waals surface area (Å²) in [6.45, 7) is 3.31. The molecule has 92 valence electrons. The van der Waals surface area contributed by atoms with E-state index in [9.17, 15) is 4.79 Å². The molecule has 0 saturated heterocycles. The average molecular weight is 234 g/mol.